The maximum absolute atomic E-state index is 13.1. The van der Waals surface area contributed by atoms with E-state index in [1.165, 1.54) is 29.7 Å². The first-order valence-electron chi connectivity index (χ1n) is 9.18. The van der Waals surface area contributed by atoms with Crippen molar-refractivity contribution in [2.24, 2.45) is 4.99 Å². The van der Waals surface area contributed by atoms with Crippen LogP contribution in [-0.4, -0.2) is 39.9 Å². The van der Waals surface area contributed by atoms with E-state index in [9.17, 15) is 4.79 Å². The fourth-order valence-corrected chi connectivity index (χ4v) is 5.49. The standard InChI is InChI=1S/C18H24N4OS2/c1-12-10-19-11-21(12)8-5-9-22-17(23)15-13-6-3-2-4-7-14(13)25-16(15)20-18(22)24/h11-12H,2-10H2,1H3,(H,20,24). The van der Waals surface area contributed by atoms with Gasteiger partial charge >= 0.3 is 0 Å². The number of aliphatic imine (C=N–C) groups is 1. The zero-order valence-electron chi connectivity index (χ0n) is 14.6. The molecule has 4 rings (SSSR count). The molecule has 0 saturated carbocycles. The molecule has 134 valence electrons. The molecule has 2 aromatic heterocycles. The summed E-state index contributed by atoms with van der Waals surface area (Å²) < 4.78 is 2.31. The van der Waals surface area contributed by atoms with Crippen LogP contribution in [-0.2, 0) is 19.4 Å². The van der Waals surface area contributed by atoms with Crippen molar-refractivity contribution in [1.29, 1.82) is 0 Å². The van der Waals surface area contributed by atoms with E-state index in [0.717, 1.165) is 42.6 Å². The van der Waals surface area contributed by atoms with Crippen LogP contribution >= 0.6 is 23.6 Å². The Balaban J connectivity index is 1.62. The molecule has 1 unspecified atom stereocenters. The van der Waals surface area contributed by atoms with Crippen LogP contribution in [0.3, 0.4) is 0 Å². The molecular formula is C18H24N4OS2. The Morgan fingerprint density at radius 3 is 2.96 bits per heavy atom. The third-order valence-corrected chi connectivity index (χ3v) is 6.84. The number of hydrogen-bond donors (Lipinski definition) is 1. The summed E-state index contributed by atoms with van der Waals surface area (Å²) in [7, 11) is 0. The second kappa shape index (κ2) is 7.03. The predicted octanol–water partition coefficient (Wildman–Crippen LogP) is 3.51. The van der Waals surface area contributed by atoms with Crippen molar-refractivity contribution in [3.05, 3.63) is 25.6 Å². The minimum absolute atomic E-state index is 0.0984. The average Bonchev–Trinajstić information content (AvgIpc) is 3.06. The summed E-state index contributed by atoms with van der Waals surface area (Å²) in [5.74, 6) is 0. The first-order valence-corrected chi connectivity index (χ1v) is 10.4. The molecule has 7 heteroatoms. The van der Waals surface area contributed by atoms with E-state index in [1.807, 2.05) is 6.34 Å². The third kappa shape index (κ3) is 3.19. The molecule has 1 aliphatic heterocycles. The number of rotatable bonds is 4. The van der Waals surface area contributed by atoms with Gasteiger partial charge in [-0.25, -0.2) is 0 Å². The maximum atomic E-state index is 13.1. The number of nitrogens with zero attached hydrogens (tertiary/aromatic N) is 3. The number of aryl methyl sites for hydroxylation is 2. The Labute approximate surface area is 156 Å². The van der Waals surface area contributed by atoms with Gasteiger partial charge in [-0.15, -0.1) is 11.3 Å². The second-order valence-electron chi connectivity index (χ2n) is 7.08. The van der Waals surface area contributed by atoms with Crippen molar-refractivity contribution in [1.82, 2.24) is 14.5 Å². The van der Waals surface area contributed by atoms with Crippen molar-refractivity contribution in [2.75, 3.05) is 13.1 Å². The Morgan fingerprint density at radius 2 is 2.16 bits per heavy atom. The molecule has 1 aliphatic carbocycles. The van der Waals surface area contributed by atoms with Crippen molar-refractivity contribution < 1.29 is 0 Å². The number of nitrogens with one attached hydrogen (secondary N) is 1. The Bertz CT molecular complexity index is 924. The molecule has 0 bridgehead atoms. The van der Waals surface area contributed by atoms with Crippen LogP contribution in [0.1, 0.15) is 43.0 Å². The first-order chi connectivity index (χ1) is 12.1. The number of aromatic amines is 1. The third-order valence-electron chi connectivity index (χ3n) is 5.31. The van der Waals surface area contributed by atoms with Crippen molar-refractivity contribution in [2.45, 2.75) is 58.0 Å². The first kappa shape index (κ1) is 17.0. The van der Waals surface area contributed by atoms with Crippen LogP contribution in [0.25, 0.3) is 10.2 Å². The van der Waals surface area contributed by atoms with E-state index < -0.39 is 0 Å². The van der Waals surface area contributed by atoms with Crippen molar-refractivity contribution in [3.63, 3.8) is 0 Å². The van der Waals surface area contributed by atoms with E-state index in [0.29, 0.717) is 17.4 Å². The van der Waals surface area contributed by atoms with Gasteiger partial charge in [-0.1, -0.05) is 6.42 Å². The fourth-order valence-electron chi connectivity index (χ4n) is 3.86. The summed E-state index contributed by atoms with van der Waals surface area (Å²) in [6.07, 6.45) is 8.61. The lowest BCUT2D eigenvalue weighted by Gasteiger charge is -2.20. The number of H-pyrrole nitrogens is 1. The van der Waals surface area contributed by atoms with Gasteiger partial charge in [-0.05, 0) is 56.8 Å². The van der Waals surface area contributed by atoms with Crippen LogP contribution in [0.5, 0.6) is 0 Å². The molecule has 0 radical (unpaired) electrons. The molecular weight excluding hydrogens is 352 g/mol. The average molecular weight is 377 g/mol. The lowest BCUT2D eigenvalue weighted by molar-refractivity contribution is 0.355. The van der Waals surface area contributed by atoms with Gasteiger partial charge in [-0.2, -0.15) is 0 Å². The SMILES string of the molecule is CC1CN=CN1CCCn1c(=S)[nH]c2sc3c(c2c1=O)CCCCC3. The molecule has 2 aromatic rings. The maximum Gasteiger partial charge on any atom is 0.263 e. The highest BCUT2D eigenvalue weighted by Gasteiger charge is 2.20. The Morgan fingerprint density at radius 1 is 1.32 bits per heavy atom. The summed E-state index contributed by atoms with van der Waals surface area (Å²) in [5, 5.41) is 0.895. The summed E-state index contributed by atoms with van der Waals surface area (Å²) >= 11 is 7.21. The summed E-state index contributed by atoms with van der Waals surface area (Å²) in [4.78, 5) is 25.4. The number of hydrogen-bond acceptors (Lipinski definition) is 5. The molecule has 5 nitrogen and oxygen atoms in total. The minimum atomic E-state index is 0.0984. The molecule has 0 amide bonds. The highest BCUT2D eigenvalue weighted by molar-refractivity contribution is 7.71. The smallest absolute Gasteiger partial charge is 0.263 e. The van der Waals surface area contributed by atoms with E-state index in [-0.39, 0.29) is 5.56 Å². The predicted molar refractivity (Wildman–Crippen MR) is 107 cm³/mol. The van der Waals surface area contributed by atoms with Crippen LogP contribution in [0.2, 0.25) is 0 Å². The highest BCUT2D eigenvalue weighted by Crippen LogP contribution is 2.32. The van der Waals surface area contributed by atoms with E-state index in [1.54, 1.807) is 15.9 Å². The molecule has 0 saturated heterocycles. The molecule has 1 N–H and O–H groups in total. The van der Waals surface area contributed by atoms with E-state index >= 15 is 0 Å². The Hall–Kier alpha value is -1.47. The lowest BCUT2D eigenvalue weighted by Crippen LogP contribution is -2.31. The normalized spacial score (nSPS) is 20.2. The molecule has 1 atom stereocenters. The van der Waals surface area contributed by atoms with E-state index in [4.69, 9.17) is 12.2 Å². The molecule has 3 heterocycles. The Kier molecular flexibility index (Phi) is 4.78. The van der Waals surface area contributed by atoms with Crippen molar-refractivity contribution >= 4 is 40.1 Å². The largest absolute Gasteiger partial charge is 0.358 e. The van der Waals surface area contributed by atoms with Gasteiger partial charge in [-0.3, -0.25) is 14.4 Å². The lowest BCUT2D eigenvalue weighted by atomic mass is 10.1. The zero-order chi connectivity index (χ0) is 17.4. The quantitative estimate of drug-likeness (QED) is 0.656. The van der Waals surface area contributed by atoms with Crippen LogP contribution in [0.15, 0.2) is 9.79 Å². The minimum Gasteiger partial charge on any atom is -0.358 e. The van der Waals surface area contributed by atoms with Crippen LogP contribution in [0.4, 0.5) is 0 Å². The van der Waals surface area contributed by atoms with Gasteiger partial charge in [0.2, 0.25) is 0 Å². The van der Waals surface area contributed by atoms with Crippen LogP contribution in [0, 0.1) is 4.77 Å². The molecule has 0 fully saturated rings. The van der Waals surface area contributed by atoms with Crippen molar-refractivity contribution in [3.8, 4) is 0 Å². The van der Waals surface area contributed by atoms with E-state index in [2.05, 4.69) is 21.8 Å². The van der Waals surface area contributed by atoms with Gasteiger partial charge in [0, 0.05) is 24.0 Å². The van der Waals surface area contributed by atoms with Gasteiger partial charge in [0.15, 0.2) is 4.77 Å². The van der Waals surface area contributed by atoms with Gasteiger partial charge in [0.25, 0.3) is 5.56 Å². The summed E-state index contributed by atoms with van der Waals surface area (Å²) in [6, 6.07) is 0.460. The van der Waals surface area contributed by atoms with Gasteiger partial charge < -0.3 is 9.88 Å². The topological polar surface area (TPSA) is 53.4 Å². The molecule has 25 heavy (non-hydrogen) atoms. The zero-order valence-corrected chi connectivity index (χ0v) is 16.2. The monoisotopic (exact) mass is 376 g/mol. The second-order valence-corrected chi connectivity index (χ2v) is 8.57. The molecule has 0 spiro atoms. The molecule has 2 aliphatic rings. The molecule has 0 aromatic carbocycles. The van der Waals surface area contributed by atoms with Gasteiger partial charge in [0.05, 0.1) is 18.3 Å². The number of aromatic nitrogens is 2. The summed E-state index contributed by atoms with van der Waals surface area (Å²) in [5.41, 5.74) is 1.38. The van der Waals surface area contributed by atoms with Crippen LogP contribution < -0.4 is 5.56 Å². The van der Waals surface area contributed by atoms with Gasteiger partial charge in [0.1, 0.15) is 4.83 Å². The highest BCUT2D eigenvalue weighted by atomic mass is 32.1. The fraction of sp³-hybridized carbons (Fsp3) is 0.611. The number of fused-ring (bicyclic) bond motifs is 3. The summed E-state index contributed by atoms with van der Waals surface area (Å²) in [6.45, 7) is 4.61. The number of thiophene rings is 1.